The summed E-state index contributed by atoms with van der Waals surface area (Å²) in [6.45, 7) is 14.4. The summed E-state index contributed by atoms with van der Waals surface area (Å²) in [6.07, 6.45) is 9.81. The smallest absolute Gasteiger partial charge is 0.187 e. The Bertz CT molecular complexity index is 918. The van der Waals surface area contributed by atoms with Gasteiger partial charge in [0.15, 0.2) is 6.29 Å². The number of fused-ring (bicyclic) bond motifs is 5. The molecule has 41 heavy (non-hydrogen) atoms. The molecule has 0 aromatic carbocycles. The Morgan fingerprint density at radius 3 is 2.39 bits per heavy atom. The van der Waals surface area contributed by atoms with E-state index in [1.54, 1.807) is 0 Å². The van der Waals surface area contributed by atoms with Crippen molar-refractivity contribution in [2.45, 2.75) is 149 Å². The Labute approximate surface area is 249 Å². The highest BCUT2D eigenvalue weighted by Gasteiger charge is 2.60. The molecule has 5 aliphatic rings. The first kappa shape index (κ1) is 31.9. The van der Waals surface area contributed by atoms with Crippen LogP contribution in [0.4, 0.5) is 0 Å². The molecular weight excluding hydrogens is 516 g/mol. The second kappa shape index (κ2) is 12.5. The first-order valence-corrected chi connectivity index (χ1v) is 17.1. The second-order valence-electron chi connectivity index (χ2n) is 15.6. The lowest BCUT2D eigenvalue weighted by molar-refractivity contribution is -0.310. The summed E-state index contributed by atoms with van der Waals surface area (Å²) in [5, 5.41) is 40.8. The SMILES string of the molecule is CCC(CCC(C)C1CCC2C3CC=C4C(OC5OC(CO)C(O)C(O)C5O)CCCC4(C)C3CCC12C)C(C)C. The molecule has 0 amide bonds. The van der Waals surface area contributed by atoms with E-state index in [-0.39, 0.29) is 11.5 Å². The van der Waals surface area contributed by atoms with Crippen molar-refractivity contribution >= 4 is 0 Å². The van der Waals surface area contributed by atoms with Crippen LogP contribution in [0.5, 0.6) is 0 Å². The third-order valence-corrected chi connectivity index (χ3v) is 13.4. The Hall–Kier alpha value is -0.500. The number of hydrogen-bond donors (Lipinski definition) is 4. The fourth-order valence-corrected chi connectivity index (χ4v) is 10.9. The molecule has 0 radical (unpaired) electrons. The van der Waals surface area contributed by atoms with E-state index in [9.17, 15) is 20.4 Å². The lowest BCUT2D eigenvalue weighted by Gasteiger charge is -2.59. The molecule has 6 heteroatoms. The fraction of sp³-hybridized carbons (Fsp3) is 0.943. The summed E-state index contributed by atoms with van der Waals surface area (Å²) < 4.78 is 12.2. The van der Waals surface area contributed by atoms with E-state index in [0.717, 1.165) is 54.8 Å². The van der Waals surface area contributed by atoms with Gasteiger partial charge in [0, 0.05) is 0 Å². The molecule has 4 aliphatic carbocycles. The summed E-state index contributed by atoms with van der Waals surface area (Å²) in [4.78, 5) is 0. The topological polar surface area (TPSA) is 99.4 Å². The molecule has 14 unspecified atom stereocenters. The summed E-state index contributed by atoms with van der Waals surface area (Å²) in [7, 11) is 0. The Kier molecular flexibility index (Phi) is 9.71. The first-order valence-electron chi connectivity index (χ1n) is 17.1. The van der Waals surface area contributed by atoms with Crippen LogP contribution < -0.4 is 0 Å². The molecule has 5 rings (SSSR count). The number of allylic oxidation sites excluding steroid dienone is 1. The summed E-state index contributed by atoms with van der Waals surface area (Å²) >= 11 is 0. The van der Waals surface area contributed by atoms with E-state index in [4.69, 9.17) is 9.47 Å². The number of aliphatic hydroxyl groups excluding tert-OH is 4. The van der Waals surface area contributed by atoms with Crippen LogP contribution in [0.25, 0.3) is 0 Å². The van der Waals surface area contributed by atoms with Crippen molar-refractivity contribution in [1.29, 1.82) is 0 Å². The van der Waals surface area contributed by atoms with Gasteiger partial charge in [-0.3, -0.25) is 0 Å². The zero-order valence-electron chi connectivity index (χ0n) is 26.7. The van der Waals surface area contributed by atoms with Crippen molar-refractivity contribution in [3.8, 4) is 0 Å². The number of rotatable bonds is 9. The first-order chi connectivity index (χ1) is 19.5. The quantitative estimate of drug-likeness (QED) is 0.257. The maximum Gasteiger partial charge on any atom is 0.187 e. The van der Waals surface area contributed by atoms with Crippen molar-refractivity contribution in [1.82, 2.24) is 0 Å². The molecule has 6 nitrogen and oxygen atoms in total. The van der Waals surface area contributed by atoms with E-state index < -0.39 is 37.3 Å². The third-order valence-electron chi connectivity index (χ3n) is 13.4. The van der Waals surface area contributed by atoms with Crippen LogP contribution in [0.1, 0.15) is 112 Å². The Morgan fingerprint density at radius 1 is 0.951 bits per heavy atom. The zero-order chi connectivity index (χ0) is 29.7. The van der Waals surface area contributed by atoms with Crippen LogP contribution in [-0.2, 0) is 9.47 Å². The molecule has 4 fully saturated rings. The lowest BCUT2D eigenvalue weighted by atomic mass is 9.46. The average molecular weight is 577 g/mol. The monoisotopic (exact) mass is 576 g/mol. The molecule has 14 atom stereocenters. The minimum absolute atomic E-state index is 0.0800. The van der Waals surface area contributed by atoms with Gasteiger partial charge in [0.2, 0.25) is 0 Å². The minimum Gasteiger partial charge on any atom is -0.394 e. The molecular formula is C35H60O6. The van der Waals surface area contributed by atoms with Gasteiger partial charge >= 0.3 is 0 Å². The van der Waals surface area contributed by atoms with Gasteiger partial charge in [-0.05, 0) is 116 Å². The van der Waals surface area contributed by atoms with E-state index in [1.807, 2.05) is 0 Å². The standard InChI is InChI=1S/C35H60O6/c1-7-22(20(2)3)11-10-21(4)24-14-15-25-23-12-13-27-28(40-33-32(39)31(38)30(37)29(19-36)41-33)9-8-17-34(27,5)26(23)16-18-35(24,25)6/h13,20-26,28-33,36-39H,7-12,14-19H2,1-6H3. The van der Waals surface area contributed by atoms with Crippen LogP contribution in [0.15, 0.2) is 11.6 Å². The van der Waals surface area contributed by atoms with Gasteiger partial charge in [0.05, 0.1) is 12.7 Å². The minimum atomic E-state index is -1.41. The molecule has 0 spiro atoms. The van der Waals surface area contributed by atoms with Gasteiger partial charge in [0.25, 0.3) is 0 Å². The maximum absolute atomic E-state index is 10.6. The van der Waals surface area contributed by atoms with E-state index in [0.29, 0.717) is 11.3 Å². The second-order valence-corrected chi connectivity index (χ2v) is 15.6. The molecule has 1 aliphatic heterocycles. The van der Waals surface area contributed by atoms with Gasteiger partial charge in [-0.25, -0.2) is 0 Å². The molecule has 0 bridgehead atoms. The highest BCUT2D eigenvalue weighted by atomic mass is 16.7. The molecule has 4 N–H and O–H groups in total. The van der Waals surface area contributed by atoms with Crippen LogP contribution >= 0.6 is 0 Å². The summed E-state index contributed by atoms with van der Waals surface area (Å²) in [5.74, 6) is 5.44. The van der Waals surface area contributed by atoms with Crippen LogP contribution in [0.2, 0.25) is 0 Å². The van der Waals surface area contributed by atoms with Crippen molar-refractivity contribution in [3.63, 3.8) is 0 Å². The lowest BCUT2D eigenvalue weighted by Crippen LogP contribution is -2.60. The van der Waals surface area contributed by atoms with Crippen LogP contribution in [0.3, 0.4) is 0 Å². The van der Waals surface area contributed by atoms with Gasteiger partial charge in [-0.1, -0.05) is 60.5 Å². The fourth-order valence-electron chi connectivity index (χ4n) is 10.9. The van der Waals surface area contributed by atoms with Crippen molar-refractivity contribution in [2.75, 3.05) is 6.61 Å². The maximum atomic E-state index is 10.6. The number of ether oxygens (including phenoxy) is 2. The van der Waals surface area contributed by atoms with Crippen LogP contribution in [0, 0.1) is 52.3 Å². The normalized spacial score (nSPS) is 47.7. The van der Waals surface area contributed by atoms with Crippen molar-refractivity contribution in [3.05, 3.63) is 11.6 Å². The van der Waals surface area contributed by atoms with Gasteiger partial charge in [0.1, 0.15) is 24.4 Å². The predicted octanol–water partition coefficient (Wildman–Crippen LogP) is 5.85. The van der Waals surface area contributed by atoms with Gasteiger partial charge in [-0.2, -0.15) is 0 Å². The average Bonchev–Trinajstić information content (AvgIpc) is 3.30. The van der Waals surface area contributed by atoms with E-state index in [1.165, 1.54) is 56.9 Å². The predicted molar refractivity (Wildman–Crippen MR) is 161 cm³/mol. The largest absolute Gasteiger partial charge is 0.394 e. The zero-order valence-corrected chi connectivity index (χ0v) is 26.7. The Balaban J connectivity index is 1.30. The molecule has 0 aromatic heterocycles. The summed E-state index contributed by atoms with van der Waals surface area (Å²) in [6, 6.07) is 0. The molecule has 1 saturated heterocycles. The van der Waals surface area contributed by atoms with E-state index in [2.05, 4.69) is 47.6 Å². The molecule has 3 saturated carbocycles. The van der Waals surface area contributed by atoms with Gasteiger partial charge in [-0.15, -0.1) is 0 Å². The number of aliphatic hydroxyl groups is 4. The van der Waals surface area contributed by atoms with Crippen molar-refractivity contribution in [2.24, 2.45) is 52.3 Å². The van der Waals surface area contributed by atoms with E-state index >= 15 is 0 Å². The summed E-state index contributed by atoms with van der Waals surface area (Å²) in [5.41, 5.74) is 1.88. The highest BCUT2D eigenvalue weighted by molar-refractivity contribution is 5.28. The Morgan fingerprint density at radius 2 is 1.71 bits per heavy atom. The third kappa shape index (κ3) is 5.61. The molecule has 236 valence electrons. The molecule has 0 aromatic rings. The van der Waals surface area contributed by atoms with Gasteiger partial charge < -0.3 is 29.9 Å². The molecule has 1 heterocycles. The number of hydrogen-bond acceptors (Lipinski definition) is 6. The van der Waals surface area contributed by atoms with Crippen LogP contribution in [-0.4, -0.2) is 63.8 Å². The van der Waals surface area contributed by atoms with Crippen molar-refractivity contribution < 1.29 is 29.9 Å². The highest BCUT2D eigenvalue weighted by Crippen LogP contribution is 2.67.